The number of halogens is 1. The number of guanidine groups is 1. The van der Waals surface area contributed by atoms with Gasteiger partial charge in [-0.1, -0.05) is 6.07 Å². The van der Waals surface area contributed by atoms with Crippen LogP contribution in [-0.4, -0.2) is 38.2 Å². The lowest BCUT2D eigenvalue weighted by Gasteiger charge is -2.32. The van der Waals surface area contributed by atoms with Crippen LogP contribution < -0.4 is 5.32 Å². The molecule has 1 saturated carbocycles. The molecule has 0 unspecified atom stereocenters. The summed E-state index contributed by atoms with van der Waals surface area (Å²) < 4.78 is 15.5. The molecule has 7 heteroatoms. The molecule has 132 valence electrons. The maximum absolute atomic E-state index is 13.6. The van der Waals surface area contributed by atoms with Crippen molar-refractivity contribution in [1.82, 2.24) is 25.0 Å². The van der Waals surface area contributed by atoms with Gasteiger partial charge in [0.1, 0.15) is 18.2 Å². The van der Waals surface area contributed by atoms with Gasteiger partial charge in [-0.2, -0.15) is 0 Å². The Kier molecular flexibility index (Phi) is 4.15. The predicted octanol–water partition coefficient (Wildman–Crippen LogP) is 1.93. The number of nitrogens with one attached hydrogen (secondary N) is 1. The van der Waals surface area contributed by atoms with Crippen molar-refractivity contribution in [2.75, 3.05) is 6.54 Å². The van der Waals surface area contributed by atoms with Crippen LogP contribution in [0.1, 0.15) is 35.6 Å². The summed E-state index contributed by atoms with van der Waals surface area (Å²) in [6.07, 6.45) is 3.27. The molecular formula is C18H23FN6. The smallest absolute Gasteiger partial charge is 0.194 e. The first-order chi connectivity index (χ1) is 12.1. The summed E-state index contributed by atoms with van der Waals surface area (Å²) in [6.45, 7) is 3.98. The lowest BCUT2D eigenvalue weighted by atomic mass is 10.00. The van der Waals surface area contributed by atoms with E-state index in [2.05, 4.69) is 20.4 Å². The average Bonchev–Trinajstić information content (AvgIpc) is 3.37. The van der Waals surface area contributed by atoms with Gasteiger partial charge in [-0.25, -0.2) is 9.38 Å². The van der Waals surface area contributed by atoms with Gasteiger partial charge in [0.15, 0.2) is 11.8 Å². The molecule has 2 aliphatic rings. The van der Waals surface area contributed by atoms with E-state index in [1.807, 2.05) is 24.6 Å². The molecule has 1 aliphatic carbocycles. The van der Waals surface area contributed by atoms with Crippen molar-refractivity contribution < 1.29 is 4.39 Å². The molecule has 0 bridgehead atoms. The highest BCUT2D eigenvalue weighted by Gasteiger charge is 2.26. The maximum atomic E-state index is 13.6. The lowest BCUT2D eigenvalue weighted by molar-refractivity contribution is 0.375. The van der Waals surface area contributed by atoms with Crippen molar-refractivity contribution in [2.24, 2.45) is 12.0 Å². The van der Waals surface area contributed by atoms with Crippen LogP contribution in [0.15, 0.2) is 23.2 Å². The molecule has 1 aromatic heterocycles. The number of aromatic nitrogens is 3. The van der Waals surface area contributed by atoms with E-state index in [0.717, 1.165) is 36.1 Å². The summed E-state index contributed by atoms with van der Waals surface area (Å²) >= 11 is 0. The molecule has 0 spiro atoms. The van der Waals surface area contributed by atoms with Crippen molar-refractivity contribution in [3.63, 3.8) is 0 Å². The minimum Gasteiger partial charge on any atom is -0.353 e. The fraction of sp³-hybridized carbons (Fsp3) is 0.500. The predicted molar refractivity (Wildman–Crippen MR) is 93.6 cm³/mol. The third kappa shape index (κ3) is 3.50. The van der Waals surface area contributed by atoms with Gasteiger partial charge in [0, 0.05) is 26.2 Å². The number of rotatable bonds is 3. The molecule has 1 N–H and O–H groups in total. The Morgan fingerprint density at radius 2 is 2.16 bits per heavy atom. The molecular weight excluding hydrogens is 319 g/mol. The van der Waals surface area contributed by atoms with Gasteiger partial charge < -0.3 is 14.8 Å². The second-order valence-electron chi connectivity index (χ2n) is 6.87. The number of benzene rings is 1. The number of hydrogen-bond donors (Lipinski definition) is 1. The second kappa shape index (κ2) is 6.46. The highest BCUT2D eigenvalue weighted by atomic mass is 19.1. The fourth-order valence-electron chi connectivity index (χ4n) is 3.09. The Labute approximate surface area is 146 Å². The van der Waals surface area contributed by atoms with Crippen LogP contribution >= 0.6 is 0 Å². The van der Waals surface area contributed by atoms with E-state index < -0.39 is 0 Å². The first kappa shape index (κ1) is 16.1. The molecule has 0 radical (unpaired) electrons. The van der Waals surface area contributed by atoms with Gasteiger partial charge >= 0.3 is 0 Å². The van der Waals surface area contributed by atoms with E-state index in [0.29, 0.717) is 19.1 Å². The summed E-state index contributed by atoms with van der Waals surface area (Å²) in [5, 5.41) is 11.8. The van der Waals surface area contributed by atoms with E-state index in [1.165, 1.54) is 18.4 Å². The summed E-state index contributed by atoms with van der Waals surface area (Å²) in [5.41, 5.74) is 2.28. The second-order valence-corrected chi connectivity index (χ2v) is 6.87. The van der Waals surface area contributed by atoms with E-state index in [1.54, 1.807) is 12.1 Å². The molecule has 4 rings (SSSR count). The molecule has 25 heavy (non-hydrogen) atoms. The summed E-state index contributed by atoms with van der Waals surface area (Å²) in [4.78, 5) is 6.99. The molecule has 1 aliphatic heterocycles. The van der Waals surface area contributed by atoms with E-state index in [4.69, 9.17) is 4.99 Å². The highest BCUT2D eigenvalue weighted by molar-refractivity contribution is 5.81. The Hall–Kier alpha value is -2.44. The Bertz CT molecular complexity index is 808. The van der Waals surface area contributed by atoms with Gasteiger partial charge in [0.2, 0.25) is 0 Å². The Morgan fingerprint density at radius 3 is 2.88 bits per heavy atom. The summed E-state index contributed by atoms with van der Waals surface area (Å²) in [6, 6.07) is 5.59. The number of nitrogens with zero attached hydrogens (tertiary/aromatic N) is 5. The van der Waals surface area contributed by atoms with Gasteiger partial charge in [-0.05, 0) is 49.4 Å². The molecule has 0 amide bonds. The monoisotopic (exact) mass is 342 g/mol. The largest absolute Gasteiger partial charge is 0.353 e. The topological polar surface area (TPSA) is 58.3 Å². The number of aliphatic imine (C=N–C) groups is 1. The van der Waals surface area contributed by atoms with Crippen LogP contribution in [0.25, 0.3) is 0 Å². The maximum Gasteiger partial charge on any atom is 0.194 e. The fourth-order valence-corrected chi connectivity index (χ4v) is 3.09. The molecule has 0 atom stereocenters. The van der Waals surface area contributed by atoms with Crippen molar-refractivity contribution >= 4 is 5.96 Å². The number of hydrogen-bond acceptors (Lipinski definition) is 3. The van der Waals surface area contributed by atoms with Crippen LogP contribution in [0, 0.1) is 12.7 Å². The van der Waals surface area contributed by atoms with Crippen molar-refractivity contribution in [1.29, 1.82) is 0 Å². The van der Waals surface area contributed by atoms with E-state index >= 15 is 0 Å². The third-order valence-electron chi connectivity index (χ3n) is 4.94. The number of fused-ring (bicyclic) bond motifs is 1. The molecule has 6 nitrogen and oxygen atoms in total. The highest BCUT2D eigenvalue weighted by Crippen LogP contribution is 2.23. The zero-order valence-electron chi connectivity index (χ0n) is 14.7. The minimum atomic E-state index is -0.177. The molecule has 2 aromatic rings. The van der Waals surface area contributed by atoms with E-state index in [-0.39, 0.29) is 5.82 Å². The zero-order valence-corrected chi connectivity index (χ0v) is 14.7. The normalized spacial score (nSPS) is 17.6. The van der Waals surface area contributed by atoms with Gasteiger partial charge in [0.25, 0.3) is 0 Å². The quantitative estimate of drug-likeness (QED) is 0.684. The summed E-state index contributed by atoms with van der Waals surface area (Å²) in [7, 11) is 1.95. The first-order valence-corrected chi connectivity index (χ1v) is 8.78. The van der Waals surface area contributed by atoms with Gasteiger partial charge in [-0.15, -0.1) is 10.2 Å². The van der Waals surface area contributed by atoms with Crippen LogP contribution in [0.3, 0.4) is 0 Å². The number of aryl methyl sites for hydroxylation is 1. The van der Waals surface area contributed by atoms with Crippen LogP contribution in [-0.2, 0) is 26.6 Å². The van der Waals surface area contributed by atoms with Crippen molar-refractivity contribution in [3.8, 4) is 0 Å². The lowest BCUT2D eigenvalue weighted by Crippen LogP contribution is -2.45. The third-order valence-corrected chi connectivity index (χ3v) is 4.94. The van der Waals surface area contributed by atoms with Crippen LogP contribution in [0.4, 0.5) is 4.39 Å². The molecule has 1 fully saturated rings. The minimum absolute atomic E-state index is 0.177. The van der Waals surface area contributed by atoms with E-state index in [9.17, 15) is 4.39 Å². The average molecular weight is 342 g/mol. The Balaban J connectivity index is 1.54. The van der Waals surface area contributed by atoms with Gasteiger partial charge in [0.05, 0.1) is 0 Å². The van der Waals surface area contributed by atoms with Gasteiger partial charge in [-0.3, -0.25) is 0 Å². The standard InChI is InChI=1S/C18H23FN6/c1-12-22-23-17(24(12)2)10-20-18(21-16-5-6-16)25-8-7-13-3-4-15(19)9-14(13)11-25/h3-4,9,16H,5-8,10-11H2,1-2H3,(H,20,21). The molecule has 2 heterocycles. The Morgan fingerprint density at radius 1 is 1.32 bits per heavy atom. The SMILES string of the molecule is Cc1nnc(CN=C(NC2CC2)N2CCc3ccc(F)cc3C2)n1C. The molecule has 1 aromatic carbocycles. The first-order valence-electron chi connectivity index (χ1n) is 8.78. The van der Waals surface area contributed by atoms with Crippen LogP contribution in [0.5, 0.6) is 0 Å². The van der Waals surface area contributed by atoms with Crippen LogP contribution in [0.2, 0.25) is 0 Å². The van der Waals surface area contributed by atoms with Crippen molar-refractivity contribution in [2.45, 2.75) is 45.3 Å². The molecule has 0 saturated heterocycles. The zero-order chi connectivity index (χ0) is 17.4. The summed E-state index contributed by atoms with van der Waals surface area (Å²) in [5.74, 6) is 2.43. The van der Waals surface area contributed by atoms with Crippen molar-refractivity contribution in [3.05, 3.63) is 46.8 Å².